The van der Waals surface area contributed by atoms with E-state index in [9.17, 15) is 4.79 Å². The lowest BCUT2D eigenvalue weighted by molar-refractivity contribution is -0.116. The van der Waals surface area contributed by atoms with Gasteiger partial charge >= 0.3 is 0 Å². The summed E-state index contributed by atoms with van der Waals surface area (Å²) < 4.78 is 5.66. The molecule has 0 spiro atoms. The fraction of sp³-hybridized carbons (Fsp3) is 0.667. The van der Waals surface area contributed by atoms with Gasteiger partial charge < -0.3 is 15.3 Å². The number of Topliss-reactive ketones (excluding diaryl/α,β-unsaturated/α-hetero) is 1. The van der Waals surface area contributed by atoms with Crippen molar-refractivity contribution in [2.24, 2.45) is 11.7 Å². The Bertz CT molecular complexity index is 521. The van der Waals surface area contributed by atoms with Gasteiger partial charge in [0.15, 0.2) is 0 Å². The summed E-state index contributed by atoms with van der Waals surface area (Å²) in [5.41, 5.74) is 9.88. The van der Waals surface area contributed by atoms with E-state index in [2.05, 4.69) is 26.8 Å². The summed E-state index contributed by atoms with van der Waals surface area (Å²) in [7, 11) is 0. The summed E-state index contributed by atoms with van der Waals surface area (Å²) in [6.07, 6.45) is 5.88. The zero-order valence-corrected chi connectivity index (χ0v) is 16.2. The van der Waals surface area contributed by atoms with Gasteiger partial charge in [0.05, 0.1) is 6.61 Å². The maximum atomic E-state index is 11.1. The highest BCUT2D eigenvalue weighted by Crippen LogP contribution is 2.33. The van der Waals surface area contributed by atoms with Gasteiger partial charge in [-0.2, -0.15) is 0 Å². The van der Waals surface area contributed by atoms with Gasteiger partial charge in [0.25, 0.3) is 0 Å². The first-order valence-electron chi connectivity index (χ1n) is 9.44. The van der Waals surface area contributed by atoms with Gasteiger partial charge in [0, 0.05) is 12.5 Å². The van der Waals surface area contributed by atoms with Gasteiger partial charge in [-0.3, -0.25) is 0 Å². The lowest BCUT2D eigenvalue weighted by Crippen LogP contribution is -2.19. The van der Waals surface area contributed by atoms with E-state index in [1.807, 2.05) is 13.0 Å². The predicted molar refractivity (Wildman–Crippen MR) is 102 cm³/mol. The zero-order chi connectivity index (χ0) is 18.1. The Kier molecular flexibility index (Phi) is 9.05. The molecule has 2 N–H and O–H groups in total. The van der Waals surface area contributed by atoms with Gasteiger partial charge in [0.1, 0.15) is 11.5 Å². The average molecular weight is 334 g/mol. The van der Waals surface area contributed by atoms with Gasteiger partial charge in [-0.05, 0) is 61.8 Å². The number of ketones is 1. The number of carbonyl (C=O) groups excluding carboxylic acids is 1. The standard InChI is InChI=1S/C15H21NO2.C6H14/c1-3-18-15-7-6-11(5-4-10(2)17)13-8-12(16)9-14(13)15;1-4-6(3)5-2/h6-7,12H,3-5,8-9,16H2,1-2H3;6H,4-5H2,1-3H3. The highest BCUT2D eigenvalue weighted by atomic mass is 16.5. The maximum absolute atomic E-state index is 11.1. The number of benzene rings is 1. The van der Waals surface area contributed by atoms with Crippen molar-refractivity contribution in [1.29, 1.82) is 0 Å². The van der Waals surface area contributed by atoms with E-state index in [0.29, 0.717) is 13.0 Å². The summed E-state index contributed by atoms with van der Waals surface area (Å²) in [5.74, 6) is 2.14. The number of hydrogen-bond donors (Lipinski definition) is 1. The molecule has 0 saturated heterocycles. The van der Waals surface area contributed by atoms with Crippen LogP contribution in [0.2, 0.25) is 0 Å². The fourth-order valence-electron chi connectivity index (χ4n) is 2.92. The number of nitrogens with two attached hydrogens (primary N) is 1. The molecule has 3 heteroatoms. The van der Waals surface area contributed by atoms with Crippen LogP contribution in [-0.4, -0.2) is 18.4 Å². The average Bonchev–Trinajstić information content (AvgIpc) is 2.96. The molecule has 1 aromatic carbocycles. The van der Waals surface area contributed by atoms with Crippen molar-refractivity contribution in [1.82, 2.24) is 0 Å². The van der Waals surface area contributed by atoms with Crippen molar-refractivity contribution in [3.05, 3.63) is 28.8 Å². The molecule has 1 unspecified atom stereocenters. The molecule has 0 bridgehead atoms. The molecule has 1 aliphatic carbocycles. The lowest BCUT2D eigenvalue weighted by Gasteiger charge is -2.12. The van der Waals surface area contributed by atoms with E-state index in [1.165, 1.54) is 29.5 Å². The highest BCUT2D eigenvalue weighted by molar-refractivity contribution is 5.75. The summed E-state index contributed by atoms with van der Waals surface area (Å²) in [4.78, 5) is 11.1. The van der Waals surface area contributed by atoms with Crippen molar-refractivity contribution in [2.45, 2.75) is 79.2 Å². The van der Waals surface area contributed by atoms with Gasteiger partial charge in [-0.15, -0.1) is 0 Å². The van der Waals surface area contributed by atoms with Gasteiger partial charge in [-0.25, -0.2) is 0 Å². The molecular weight excluding hydrogens is 298 g/mol. The SMILES string of the molecule is CCC(C)CC.CCOc1ccc(CCC(C)=O)c2c1CC(N)C2. The second-order valence-electron chi connectivity index (χ2n) is 6.90. The Morgan fingerprint density at radius 1 is 1.21 bits per heavy atom. The molecule has 136 valence electrons. The van der Waals surface area contributed by atoms with E-state index >= 15 is 0 Å². The van der Waals surface area contributed by atoms with E-state index in [4.69, 9.17) is 10.5 Å². The van der Waals surface area contributed by atoms with E-state index in [1.54, 1.807) is 6.92 Å². The van der Waals surface area contributed by atoms with E-state index in [-0.39, 0.29) is 11.8 Å². The van der Waals surface area contributed by atoms with Gasteiger partial charge in [-0.1, -0.05) is 39.7 Å². The second kappa shape index (κ2) is 10.5. The number of ether oxygens (including phenoxy) is 1. The Morgan fingerprint density at radius 2 is 1.83 bits per heavy atom. The fourth-order valence-corrected chi connectivity index (χ4v) is 2.92. The molecular formula is C21H35NO2. The summed E-state index contributed by atoms with van der Waals surface area (Å²) in [6.45, 7) is 11.0. The molecule has 0 amide bonds. The van der Waals surface area contributed by atoms with Crippen LogP contribution in [0, 0.1) is 5.92 Å². The quantitative estimate of drug-likeness (QED) is 0.800. The molecule has 3 nitrogen and oxygen atoms in total. The molecule has 0 aliphatic heterocycles. The smallest absolute Gasteiger partial charge is 0.130 e. The predicted octanol–water partition coefficient (Wildman–Crippen LogP) is 4.48. The van der Waals surface area contributed by atoms with Crippen LogP contribution in [0.25, 0.3) is 0 Å². The third-order valence-electron chi connectivity index (χ3n) is 4.86. The normalized spacial score (nSPS) is 15.7. The van der Waals surface area contributed by atoms with Crippen LogP contribution in [0.4, 0.5) is 0 Å². The molecule has 24 heavy (non-hydrogen) atoms. The van der Waals surface area contributed by atoms with Crippen LogP contribution in [0.3, 0.4) is 0 Å². The van der Waals surface area contributed by atoms with Crippen LogP contribution >= 0.6 is 0 Å². The molecule has 0 aromatic heterocycles. The number of carbonyl (C=O) groups is 1. The van der Waals surface area contributed by atoms with E-state index < -0.39 is 0 Å². The largest absolute Gasteiger partial charge is 0.494 e. The van der Waals surface area contributed by atoms with Crippen molar-refractivity contribution >= 4 is 5.78 Å². The minimum atomic E-state index is 0.192. The molecule has 2 rings (SSSR count). The van der Waals surface area contributed by atoms with Crippen LogP contribution in [-0.2, 0) is 24.1 Å². The number of hydrogen-bond acceptors (Lipinski definition) is 3. The first kappa shape index (κ1) is 20.7. The molecule has 0 radical (unpaired) electrons. The molecule has 0 heterocycles. The summed E-state index contributed by atoms with van der Waals surface area (Å²) >= 11 is 0. The third kappa shape index (κ3) is 6.27. The minimum absolute atomic E-state index is 0.192. The van der Waals surface area contributed by atoms with Crippen molar-refractivity contribution in [3.8, 4) is 5.75 Å². The lowest BCUT2D eigenvalue weighted by atomic mass is 9.98. The van der Waals surface area contributed by atoms with Crippen LogP contribution in [0.5, 0.6) is 5.75 Å². The Morgan fingerprint density at radius 3 is 2.33 bits per heavy atom. The summed E-state index contributed by atoms with van der Waals surface area (Å²) in [6, 6.07) is 4.30. The van der Waals surface area contributed by atoms with Gasteiger partial charge in [0.2, 0.25) is 0 Å². The molecule has 1 aliphatic rings. The first-order chi connectivity index (χ1) is 11.4. The van der Waals surface area contributed by atoms with Crippen molar-refractivity contribution < 1.29 is 9.53 Å². The molecule has 1 atom stereocenters. The molecule has 0 saturated carbocycles. The summed E-state index contributed by atoms with van der Waals surface area (Å²) in [5, 5.41) is 0. The highest BCUT2D eigenvalue weighted by Gasteiger charge is 2.24. The van der Waals surface area contributed by atoms with Crippen molar-refractivity contribution in [3.63, 3.8) is 0 Å². The van der Waals surface area contributed by atoms with Crippen molar-refractivity contribution in [2.75, 3.05) is 6.61 Å². The Labute approximate surface area is 148 Å². The maximum Gasteiger partial charge on any atom is 0.130 e. The number of aryl methyl sites for hydroxylation is 1. The monoisotopic (exact) mass is 333 g/mol. The number of fused-ring (bicyclic) bond motifs is 1. The third-order valence-corrected chi connectivity index (χ3v) is 4.86. The zero-order valence-electron chi connectivity index (χ0n) is 16.2. The molecule has 0 fully saturated rings. The first-order valence-corrected chi connectivity index (χ1v) is 9.44. The molecule has 1 aromatic rings. The van der Waals surface area contributed by atoms with Crippen LogP contribution < -0.4 is 10.5 Å². The topological polar surface area (TPSA) is 52.3 Å². The number of rotatable bonds is 7. The Balaban J connectivity index is 0.000000413. The van der Waals surface area contributed by atoms with E-state index in [0.717, 1.165) is 30.9 Å². The Hall–Kier alpha value is -1.35. The second-order valence-corrected chi connectivity index (χ2v) is 6.90. The van der Waals surface area contributed by atoms with Crippen LogP contribution in [0.1, 0.15) is 70.6 Å². The van der Waals surface area contributed by atoms with Crippen LogP contribution in [0.15, 0.2) is 12.1 Å². The minimum Gasteiger partial charge on any atom is -0.494 e.